The van der Waals surface area contributed by atoms with Crippen LogP contribution in [-0.4, -0.2) is 31.9 Å². The third kappa shape index (κ3) is 3.80. The van der Waals surface area contributed by atoms with E-state index in [9.17, 15) is 13.9 Å². The molecule has 1 amide bonds. The Morgan fingerprint density at radius 3 is 2.86 bits per heavy atom. The quantitative estimate of drug-likeness (QED) is 0.464. The summed E-state index contributed by atoms with van der Waals surface area (Å²) in [5.74, 6) is 0.942. The first-order valence-corrected chi connectivity index (χ1v) is 10.5. The van der Waals surface area contributed by atoms with Gasteiger partial charge in [-0.1, -0.05) is 18.2 Å². The maximum absolute atomic E-state index is 12.5. The van der Waals surface area contributed by atoms with Crippen molar-refractivity contribution in [2.24, 2.45) is 0 Å². The summed E-state index contributed by atoms with van der Waals surface area (Å²) in [6.45, 7) is 4.36. The molecule has 1 aliphatic rings. The minimum absolute atomic E-state index is 0.183. The largest absolute Gasteiger partial charge is 0.459 e. The van der Waals surface area contributed by atoms with Gasteiger partial charge in [-0.3, -0.25) is 18.6 Å². The average Bonchev–Trinajstić information content (AvgIpc) is 3.15. The second-order valence-electron chi connectivity index (χ2n) is 7.05. The molecule has 4 rings (SSSR count). The molecule has 8 nitrogen and oxygen atoms in total. The Balaban J connectivity index is 1.47. The van der Waals surface area contributed by atoms with Gasteiger partial charge in [0.25, 0.3) is 0 Å². The Morgan fingerprint density at radius 1 is 1.31 bits per heavy atom. The number of pyridine rings is 1. The van der Waals surface area contributed by atoms with E-state index in [2.05, 4.69) is 14.4 Å². The van der Waals surface area contributed by atoms with Gasteiger partial charge in [0.05, 0.1) is 6.54 Å². The van der Waals surface area contributed by atoms with Crippen molar-refractivity contribution in [3.05, 3.63) is 59.0 Å². The van der Waals surface area contributed by atoms with Crippen LogP contribution >= 0.6 is 11.0 Å². The lowest BCUT2D eigenvalue weighted by atomic mass is 10.1. The summed E-state index contributed by atoms with van der Waals surface area (Å²) in [5, 5.41) is 1.06. The van der Waals surface area contributed by atoms with Crippen molar-refractivity contribution in [1.29, 1.82) is 0 Å². The lowest BCUT2D eigenvalue weighted by molar-refractivity contribution is -0.125. The first-order valence-electron chi connectivity index (χ1n) is 8.98. The van der Waals surface area contributed by atoms with E-state index in [0.717, 1.165) is 27.9 Å². The molecule has 0 spiro atoms. The van der Waals surface area contributed by atoms with E-state index in [4.69, 9.17) is 4.42 Å². The molecule has 152 valence electrons. The first kappa shape index (κ1) is 19.3. The highest BCUT2D eigenvalue weighted by Crippen LogP contribution is 2.48. The highest BCUT2D eigenvalue weighted by molar-refractivity contribution is 8.26. The Kier molecular flexibility index (Phi) is 4.73. The third-order valence-corrected chi connectivity index (χ3v) is 5.82. The number of anilines is 2. The maximum atomic E-state index is 12.5. The molecule has 0 fully saturated rings. The summed E-state index contributed by atoms with van der Waals surface area (Å²) in [7, 11) is -1.38. The van der Waals surface area contributed by atoms with Gasteiger partial charge in [-0.25, -0.2) is 9.71 Å². The number of hydrogen-bond acceptors (Lipinski definition) is 7. The van der Waals surface area contributed by atoms with Crippen LogP contribution in [0.3, 0.4) is 0 Å². The number of carbonyl (C=O) groups is 1. The van der Waals surface area contributed by atoms with Crippen molar-refractivity contribution in [2.75, 3.05) is 16.5 Å². The fraction of sp³-hybridized carbons (Fsp3) is 0.200. The zero-order valence-corrected chi connectivity index (χ0v) is 17.1. The summed E-state index contributed by atoms with van der Waals surface area (Å²) >= 11 is 0. The van der Waals surface area contributed by atoms with Gasteiger partial charge in [0.15, 0.2) is 5.82 Å². The van der Waals surface area contributed by atoms with Crippen molar-refractivity contribution in [3.8, 4) is 0 Å². The van der Waals surface area contributed by atoms with E-state index in [-0.39, 0.29) is 5.91 Å². The summed E-state index contributed by atoms with van der Waals surface area (Å²) in [6.07, 6.45) is 4.63. The topological polar surface area (TPSA) is 111 Å². The van der Waals surface area contributed by atoms with Crippen LogP contribution in [0, 0.1) is 13.8 Å². The number of furan rings is 1. The summed E-state index contributed by atoms with van der Waals surface area (Å²) in [5.41, 5.74) is 4.09. The fourth-order valence-corrected chi connectivity index (χ4v) is 4.16. The van der Waals surface area contributed by atoms with Gasteiger partial charge >= 0.3 is 0 Å². The van der Waals surface area contributed by atoms with Gasteiger partial charge in [-0.2, -0.15) is 0 Å². The number of benzene rings is 1. The Morgan fingerprint density at radius 2 is 2.10 bits per heavy atom. The number of amides is 1. The molecule has 0 radical (unpaired) electrons. The number of carbonyl (C=O) groups excluding carboxylic acids is 1. The maximum Gasteiger partial charge on any atom is 0.246 e. The number of aromatic nitrogens is 1. The van der Waals surface area contributed by atoms with E-state index in [1.807, 2.05) is 32.0 Å². The Labute approximate surface area is 169 Å². The lowest BCUT2D eigenvalue weighted by Crippen LogP contribution is -2.24. The van der Waals surface area contributed by atoms with E-state index >= 15 is 0 Å². The normalized spacial score (nSPS) is 15.8. The standard InChI is InChI=1S/C20H22N4O4S/c1-12-5-4-6-15-13(2)17(28-19(12)15)11-24(3)18(25)8-7-14-9-16-20(21-10-14)23-29(26,27)22-16/h4-10,22,26-27H,11H2,1-3H3,(H,21,23)/b8-7+. The van der Waals surface area contributed by atoms with Crippen LogP contribution < -0.4 is 9.44 Å². The van der Waals surface area contributed by atoms with Crippen molar-refractivity contribution < 1.29 is 18.3 Å². The number of hydrogen-bond donors (Lipinski definition) is 4. The molecule has 29 heavy (non-hydrogen) atoms. The fourth-order valence-electron chi connectivity index (χ4n) is 3.22. The van der Waals surface area contributed by atoms with Gasteiger partial charge in [0, 0.05) is 30.3 Å². The molecule has 0 atom stereocenters. The number of nitrogens with one attached hydrogen (secondary N) is 2. The Bertz CT molecular complexity index is 1140. The van der Waals surface area contributed by atoms with Crippen LogP contribution in [0.2, 0.25) is 0 Å². The number of fused-ring (bicyclic) bond motifs is 2. The van der Waals surface area contributed by atoms with Crippen molar-refractivity contribution in [1.82, 2.24) is 9.88 Å². The van der Waals surface area contributed by atoms with Crippen LogP contribution in [0.5, 0.6) is 0 Å². The molecule has 0 unspecified atom stereocenters. The zero-order chi connectivity index (χ0) is 20.8. The van der Waals surface area contributed by atoms with Crippen molar-refractivity contribution in [2.45, 2.75) is 20.4 Å². The number of likely N-dealkylation sites (N-methyl/N-ethyl adjacent to an activating group) is 1. The molecule has 9 heteroatoms. The molecule has 0 saturated heterocycles. The second-order valence-corrected chi connectivity index (χ2v) is 8.55. The first-order chi connectivity index (χ1) is 13.7. The molecule has 3 heterocycles. The van der Waals surface area contributed by atoms with Gasteiger partial charge in [0.2, 0.25) is 5.91 Å². The van der Waals surface area contributed by atoms with E-state index < -0.39 is 11.0 Å². The van der Waals surface area contributed by atoms with Gasteiger partial charge in [0.1, 0.15) is 17.0 Å². The highest BCUT2D eigenvalue weighted by Gasteiger charge is 2.24. The third-order valence-electron chi connectivity index (χ3n) is 4.83. The van der Waals surface area contributed by atoms with Gasteiger partial charge < -0.3 is 9.32 Å². The Hall–Kier alpha value is -3.01. The lowest BCUT2D eigenvalue weighted by Gasteiger charge is -2.25. The molecular formula is C20H22N4O4S. The van der Waals surface area contributed by atoms with Crippen LogP contribution in [0.4, 0.5) is 11.5 Å². The van der Waals surface area contributed by atoms with Crippen molar-refractivity contribution in [3.63, 3.8) is 0 Å². The molecule has 0 bridgehead atoms. The van der Waals surface area contributed by atoms with Crippen LogP contribution in [-0.2, 0) is 11.3 Å². The van der Waals surface area contributed by atoms with Crippen LogP contribution in [0.25, 0.3) is 17.0 Å². The molecule has 1 aromatic carbocycles. The zero-order valence-electron chi connectivity index (χ0n) is 16.3. The number of rotatable bonds is 4. The number of nitrogens with zero attached hydrogens (tertiary/aromatic N) is 2. The average molecular weight is 414 g/mol. The van der Waals surface area contributed by atoms with Crippen molar-refractivity contribution >= 4 is 45.4 Å². The summed E-state index contributed by atoms with van der Waals surface area (Å²) in [4.78, 5) is 18.2. The number of aryl methyl sites for hydroxylation is 2. The molecular weight excluding hydrogens is 392 g/mol. The minimum Gasteiger partial charge on any atom is -0.459 e. The summed E-state index contributed by atoms with van der Waals surface area (Å²) in [6, 6.07) is 7.70. The minimum atomic E-state index is -3.09. The monoisotopic (exact) mass is 414 g/mol. The van der Waals surface area contributed by atoms with Crippen LogP contribution in [0.1, 0.15) is 22.5 Å². The molecule has 4 N–H and O–H groups in total. The molecule has 0 aliphatic carbocycles. The second kappa shape index (κ2) is 7.11. The number of para-hydroxylation sites is 1. The molecule has 3 aromatic rings. The molecule has 2 aromatic heterocycles. The predicted molar refractivity (Wildman–Crippen MR) is 116 cm³/mol. The van der Waals surface area contributed by atoms with E-state index in [1.165, 1.54) is 6.08 Å². The van der Waals surface area contributed by atoms with E-state index in [1.54, 1.807) is 30.3 Å². The van der Waals surface area contributed by atoms with Crippen LogP contribution in [0.15, 0.2) is 41.0 Å². The van der Waals surface area contributed by atoms with Gasteiger partial charge in [-0.05, 0) is 48.1 Å². The predicted octanol–water partition coefficient (Wildman–Crippen LogP) is 4.53. The van der Waals surface area contributed by atoms with E-state index in [0.29, 0.717) is 23.6 Å². The molecule has 0 saturated carbocycles. The smallest absolute Gasteiger partial charge is 0.246 e. The molecule has 1 aliphatic heterocycles. The highest BCUT2D eigenvalue weighted by atomic mass is 32.3. The SMILES string of the molecule is Cc1c(CN(C)C(=O)/C=C/c2cnc3c(c2)NS(O)(O)N3)oc2c(C)cccc12. The van der Waals surface area contributed by atoms with Gasteiger partial charge in [-0.15, -0.1) is 0 Å². The summed E-state index contributed by atoms with van der Waals surface area (Å²) < 4.78 is 30.3.